The van der Waals surface area contributed by atoms with E-state index in [0.29, 0.717) is 18.4 Å². The average Bonchev–Trinajstić information content (AvgIpc) is 3.59. The molecular weight excluding hydrogens is 588 g/mol. The molecule has 2 aliphatic carbocycles. The number of methoxy groups -OCH3 is 1. The number of hydrogen-bond acceptors (Lipinski definition) is 5. The van der Waals surface area contributed by atoms with Crippen molar-refractivity contribution in [1.82, 2.24) is 15.1 Å². The Labute approximate surface area is 281 Å². The fourth-order valence-electron chi connectivity index (χ4n) is 7.32. The van der Waals surface area contributed by atoms with Crippen molar-refractivity contribution in [3.8, 4) is 16.9 Å². The van der Waals surface area contributed by atoms with Gasteiger partial charge in [-0.3, -0.25) is 14.3 Å². The molecule has 0 atom stereocenters. The van der Waals surface area contributed by atoms with Crippen molar-refractivity contribution in [1.29, 1.82) is 0 Å². The van der Waals surface area contributed by atoms with Crippen molar-refractivity contribution in [2.45, 2.75) is 103 Å². The fraction of sp³-hybridized carbons (Fsp3) is 0.564. The number of carbonyl (C=O) groups is 2. The second-order valence-corrected chi connectivity index (χ2v) is 13.9. The third kappa shape index (κ3) is 9.04. The molecule has 0 bridgehead atoms. The Morgan fingerprint density at radius 2 is 1.77 bits per heavy atom. The normalized spacial score (nSPS) is 21.4. The first kappa shape index (κ1) is 34.7. The van der Waals surface area contributed by atoms with Gasteiger partial charge in [-0.15, -0.1) is 0 Å². The van der Waals surface area contributed by atoms with Crippen LogP contribution in [0.15, 0.2) is 54.9 Å². The minimum absolute atomic E-state index is 0.0505. The van der Waals surface area contributed by atoms with E-state index in [1.807, 2.05) is 17.8 Å². The van der Waals surface area contributed by atoms with Gasteiger partial charge in [-0.2, -0.15) is 5.10 Å². The highest BCUT2D eigenvalue weighted by Gasteiger charge is 2.33. The first-order chi connectivity index (χ1) is 22.7. The van der Waals surface area contributed by atoms with E-state index < -0.39 is 0 Å². The van der Waals surface area contributed by atoms with Gasteiger partial charge in [0.25, 0.3) is 0 Å². The topological polar surface area (TPSA) is 85.7 Å². The number of nitrogens with zero attached hydrogens (tertiary/aromatic N) is 3. The van der Waals surface area contributed by atoms with Crippen LogP contribution in [0.4, 0.5) is 5.69 Å². The van der Waals surface area contributed by atoms with Crippen molar-refractivity contribution in [3.63, 3.8) is 0 Å². The number of carbonyl (C=O) groups excluding carboxylic acids is 2. The number of ether oxygens (including phenoxy) is 2. The number of hydrogen-bond donors (Lipinski definition) is 1. The molecule has 5 rings (SSSR count). The molecule has 1 aromatic heterocycles. The molecule has 1 heterocycles. The van der Waals surface area contributed by atoms with E-state index in [1.54, 1.807) is 7.11 Å². The molecule has 1 N–H and O–H groups in total. The third-order valence-corrected chi connectivity index (χ3v) is 10.1. The van der Waals surface area contributed by atoms with Crippen molar-refractivity contribution < 1.29 is 19.1 Å². The van der Waals surface area contributed by atoms with Crippen molar-refractivity contribution in [2.24, 2.45) is 11.8 Å². The van der Waals surface area contributed by atoms with Gasteiger partial charge in [0, 0.05) is 48.6 Å². The summed E-state index contributed by atoms with van der Waals surface area (Å²) in [5, 5.41) is 7.68. The number of amides is 2. The third-order valence-electron chi connectivity index (χ3n) is 10.1. The molecule has 254 valence electrons. The summed E-state index contributed by atoms with van der Waals surface area (Å²) in [7, 11) is 1.73. The van der Waals surface area contributed by atoms with E-state index in [-0.39, 0.29) is 36.4 Å². The average molecular weight is 643 g/mol. The quantitative estimate of drug-likeness (QED) is 0.192. The van der Waals surface area contributed by atoms with Gasteiger partial charge >= 0.3 is 0 Å². The molecule has 3 aromatic rings. The monoisotopic (exact) mass is 642 g/mol. The van der Waals surface area contributed by atoms with E-state index in [9.17, 15) is 9.59 Å². The Morgan fingerprint density at radius 1 is 1.00 bits per heavy atom. The zero-order valence-corrected chi connectivity index (χ0v) is 29.0. The van der Waals surface area contributed by atoms with E-state index >= 15 is 0 Å². The first-order valence-electron chi connectivity index (χ1n) is 17.7. The standard InChI is InChI=1S/C39H54N4O4/c1-6-20-47-26-38(44)41-35-17-14-31(15-18-35)39(45)42(36-9-7-8-32(22-36)34-23-40-43(25-34)27(2)3)24-29-10-12-30(13-11-29)33-16-19-37(46-5)28(4)21-33/h7-9,16,19,21-23,25,27,29-31,35H,6,10-15,17-18,20,24,26H2,1-5H3,(H,41,44). The molecule has 2 amide bonds. The lowest BCUT2D eigenvalue weighted by Gasteiger charge is -2.36. The molecule has 0 unspecified atom stereocenters. The predicted molar refractivity (Wildman–Crippen MR) is 188 cm³/mol. The highest BCUT2D eigenvalue weighted by molar-refractivity contribution is 5.95. The molecule has 47 heavy (non-hydrogen) atoms. The Balaban J connectivity index is 1.28. The predicted octanol–water partition coefficient (Wildman–Crippen LogP) is 7.86. The van der Waals surface area contributed by atoms with Gasteiger partial charge in [0.05, 0.1) is 13.3 Å². The summed E-state index contributed by atoms with van der Waals surface area (Å²) in [6, 6.07) is 15.4. The van der Waals surface area contributed by atoms with Crippen LogP contribution in [-0.2, 0) is 14.3 Å². The molecule has 0 aliphatic heterocycles. The van der Waals surface area contributed by atoms with Gasteiger partial charge in [-0.25, -0.2) is 0 Å². The van der Waals surface area contributed by atoms with Crippen molar-refractivity contribution in [2.75, 3.05) is 31.8 Å². The summed E-state index contributed by atoms with van der Waals surface area (Å²) in [6.45, 7) is 9.82. The van der Waals surface area contributed by atoms with Crippen LogP contribution in [0.2, 0.25) is 0 Å². The maximum Gasteiger partial charge on any atom is 0.246 e. The molecule has 2 fully saturated rings. The maximum atomic E-state index is 14.4. The van der Waals surface area contributed by atoms with Crippen LogP contribution >= 0.6 is 0 Å². The van der Waals surface area contributed by atoms with Crippen LogP contribution in [0.1, 0.15) is 102 Å². The molecule has 0 radical (unpaired) electrons. The Bertz CT molecular complexity index is 1470. The van der Waals surface area contributed by atoms with Gasteiger partial charge in [0.1, 0.15) is 12.4 Å². The van der Waals surface area contributed by atoms with E-state index in [0.717, 1.165) is 86.9 Å². The zero-order chi connectivity index (χ0) is 33.3. The second-order valence-electron chi connectivity index (χ2n) is 13.9. The van der Waals surface area contributed by atoms with Gasteiger partial charge in [0.15, 0.2) is 0 Å². The number of rotatable bonds is 13. The van der Waals surface area contributed by atoms with Gasteiger partial charge in [-0.05, 0) is 125 Å². The van der Waals surface area contributed by atoms with Gasteiger partial charge in [0.2, 0.25) is 11.8 Å². The Morgan fingerprint density at radius 3 is 2.43 bits per heavy atom. The summed E-state index contributed by atoms with van der Waals surface area (Å²) in [6.07, 6.45) is 12.5. The fourth-order valence-corrected chi connectivity index (χ4v) is 7.32. The molecule has 2 aliphatic rings. The van der Waals surface area contributed by atoms with Crippen LogP contribution in [0.3, 0.4) is 0 Å². The minimum atomic E-state index is -0.0622. The lowest BCUT2D eigenvalue weighted by atomic mass is 9.78. The molecule has 8 nitrogen and oxygen atoms in total. The van der Waals surface area contributed by atoms with Crippen LogP contribution in [0.5, 0.6) is 5.75 Å². The smallest absolute Gasteiger partial charge is 0.246 e. The van der Waals surface area contributed by atoms with Crippen molar-refractivity contribution in [3.05, 3.63) is 66.0 Å². The minimum Gasteiger partial charge on any atom is -0.496 e. The van der Waals surface area contributed by atoms with E-state index in [4.69, 9.17) is 9.47 Å². The van der Waals surface area contributed by atoms with E-state index in [1.165, 1.54) is 11.1 Å². The van der Waals surface area contributed by atoms with Crippen LogP contribution in [-0.4, -0.2) is 54.5 Å². The van der Waals surface area contributed by atoms with E-state index in [2.05, 4.69) is 84.7 Å². The molecular formula is C39H54N4O4. The number of aromatic nitrogens is 2. The summed E-state index contributed by atoms with van der Waals surface area (Å²) in [4.78, 5) is 28.8. The number of anilines is 1. The maximum absolute atomic E-state index is 14.4. The number of benzene rings is 2. The number of nitrogens with one attached hydrogen (secondary N) is 1. The Kier molecular flexibility index (Phi) is 12.1. The van der Waals surface area contributed by atoms with Crippen molar-refractivity contribution >= 4 is 17.5 Å². The molecule has 8 heteroatoms. The Hall–Kier alpha value is -3.65. The lowest BCUT2D eigenvalue weighted by Crippen LogP contribution is -2.44. The largest absolute Gasteiger partial charge is 0.496 e. The SMILES string of the molecule is CCCOCC(=O)NC1CCC(C(=O)N(CC2CCC(c3ccc(OC)c(C)c3)CC2)c2cccc(-c3cnn(C(C)C)c3)c2)CC1. The molecule has 2 saturated carbocycles. The molecule has 0 saturated heterocycles. The zero-order valence-electron chi connectivity index (χ0n) is 29.0. The van der Waals surface area contributed by atoms with Gasteiger partial charge < -0.3 is 19.7 Å². The highest BCUT2D eigenvalue weighted by Crippen LogP contribution is 2.39. The summed E-state index contributed by atoms with van der Waals surface area (Å²) >= 11 is 0. The van der Waals surface area contributed by atoms with Gasteiger partial charge in [-0.1, -0.05) is 31.2 Å². The van der Waals surface area contributed by atoms with Crippen LogP contribution < -0.4 is 15.0 Å². The molecule has 0 spiro atoms. The van der Waals surface area contributed by atoms with Crippen LogP contribution in [0, 0.1) is 18.8 Å². The highest BCUT2D eigenvalue weighted by atomic mass is 16.5. The van der Waals surface area contributed by atoms with Crippen LogP contribution in [0.25, 0.3) is 11.1 Å². The number of aryl methyl sites for hydroxylation is 1. The summed E-state index contributed by atoms with van der Waals surface area (Å²) < 4.78 is 12.9. The summed E-state index contributed by atoms with van der Waals surface area (Å²) in [5.41, 5.74) is 5.66. The molecule has 2 aromatic carbocycles. The summed E-state index contributed by atoms with van der Waals surface area (Å²) in [5.74, 6) is 2.02. The second kappa shape index (κ2) is 16.4. The lowest BCUT2D eigenvalue weighted by molar-refractivity contribution is -0.126. The first-order valence-corrected chi connectivity index (χ1v) is 17.7.